The summed E-state index contributed by atoms with van der Waals surface area (Å²) in [6, 6.07) is 51.8. The summed E-state index contributed by atoms with van der Waals surface area (Å²) in [5.74, 6) is 2.41. The van der Waals surface area contributed by atoms with E-state index in [0.717, 1.165) is 77.9 Å². The van der Waals surface area contributed by atoms with Gasteiger partial charge in [-0.1, -0.05) is 36.4 Å². The number of para-hydroxylation sites is 2. The van der Waals surface area contributed by atoms with Gasteiger partial charge in [0, 0.05) is 75.4 Å². The van der Waals surface area contributed by atoms with Gasteiger partial charge in [-0.15, -0.1) is 4.80 Å². The Hall–Kier alpha value is -9.82. The van der Waals surface area contributed by atoms with E-state index in [1.807, 2.05) is 134 Å². The average Bonchev–Trinajstić information content (AvgIpc) is 4.26. The molecule has 322 valence electrons. The zero-order valence-corrected chi connectivity index (χ0v) is 35.6. The SMILES string of the molecule is c1ccc(-n2c(-c3ccc4c(n3)c3nc(Oc5cc6cc7oc(Oc8ccc9c(c8)c8ccncc8n9-c8ccncc8)cc7cc6o5)ccc3n4-c3ccccc3)ccc2-n2nccn2)cc1. The second-order valence-electron chi connectivity index (χ2n) is 16.2. The summed E-state index contributed by atoms with van der Waals surface area (Å²) in [4.78, 5) is 20.6. The van der Waals surface area contributed by atoms with E-state index in [9.17, 15) is 0 Å². The summed E-state index contributed by atoms with van der Waals surface area (Å²) in [7, 11) is 0. The zero-order chi connectivity index (χ0) is 44.7. The second-order valence-corrected chi connectivity index (χ2v) is 16.2. The quantitative estimate of drug-likeness (QED) is 0.137. The molecule has 68 heavy (non-hydrogen) atoms. The molecule has 0 atom stereocenters. The molecule has 14 nitrogen and oxygen atoms in total. The molecule has 14 heteroatoms. The minimum absolute atomic E-state index is 0.284. The Morgan fingerprint density at radius 3 is 1.82 bits per heavy atom. The van der Waals surface area contributed by atoms with Crippen molar-refractivity contribution in [1.29, 1.82) is 0 Å². The van der Waals surface area contributed by atoms with E-state index in [1.54, 1.807) is 35.8 Å². The fraction of sp³-hybridized carbons (Fsp3) is 0. The van der Waals surface area contributed by atoms with Gasteiger partial charge in [-0.2, -0.15) is 10.2 Å². The highest BCUT2D eigenvalue weighted by atomic mass is 16.6. The minimum Gasteiger partial charge on any atom is -0.426 e. The molecule has 0 saturated carbocycles. The highest BCUT2D eigenvalue weighted by Crippen LogP contribution is 2.40. The fourth-order valence-corrected chi connectivity index (χ4v) is 9.27. The monoisotopic (exact) mass is 884 g/mol. The van der Waals surface area contributed by atoms with E-state index in [4.69, 9.17) is 28.3 Å². The number of benzene rings is 4. The molecule has 14 aromatic rings. The van der Waals surface area contributed by atoms with Crippen molar-refractivity contribution < 1.29 is 18.3 Å². The Morgan fingerprint density at radius 1 is 0.441 bits per heavy atom. The van der Waals surface area contributed by atoms with Gasteiger partial charge in [-0.05, 0) is 103 Å². The van der Waals surface area contributed by atoms with Crippen molar-refractivity contribution in [2.75, 3.05) is 0 Å². The molecule has 10 aromatic heterocycles. The number of aromatic nitrogens is 10. The van der Waals surface area contributed by atoms with Crippen molar-refractivity contribution in [3.05, 3.63) is 195 Å². The third-order valence-electron chi connectivity index (χ3n) is 12.2. The third-order valence-corrected chi connectivity index (χ3v) is 12.2. The Bertz CT molecular complexity index is 4160. The Kier molecular flexibility index (Phi) is 8.21. The molecule has 0 aliphatic heterocycles. The van der Waals surface area contributed by atoms with Crippen molar-refractivity contribution in [1.82, 2.24) is 48.6 Å². The summed E-state index contributed by atoms with van der Waals surface area (Å²) in [6.07, 6.45) is 10.6. The molecule has 0 aliphatic carbocycles. The van der Waals surface area contributed by atoms with Crippen LogP contribution in [0.1, 0.15) is 0 Å². The Labute approximate surface area is 384 Å². The Morgan fingerprint density at radius 2 is 1.07 bits per heavy atom. The average molecular weight is 885 g/mol. The lowest BCUT2D eigenvalue weighted by atomic mass is 10.2. The molecule has 0 unspecified atom stereocenters. The lowest BCUT2D eigenvalue weighted by Gasteiger charge is -2.13. The molecule has 0 fully saturated rings. The van der Waals surface area contributed by atoms with Crippen LogP contribution >= 0.6 is 0 Å². The topological polar surface area (TPSA) is 142 Å². The lowest BCUT2D eigenvalue weighted by molar-refractivity contribution is 0.351. The van der Waals surface area contributed by atoms with Crippen LogP contribution in [-0.4, -0.2) is 48.6 Å². The molecule has 0 N–H and O–H groups in total. The van der Waals surface area contributed by atoms with Crippen LogP contribution in [0.4, 0.5) is 0 Å². The molecule has 10 heterocycles. The summed E-state index contributed by atoms with van der Waals surface area (Å²) < 4.78 is 31.7. The maximum atomic E-state index is 6.37. The molecule has 0 saturated heterocycles. The number of hydrogen-bond donors (Lipinski definition) is 0. The third kappa shape index (κ3) is 6.05. The van der Waals surface area contributed by atoms with Gasteiger partial charge in [0.25, 0.3) is 11.9 Å². The first-order chi connectivity index (χ1) is 33.7. The molecular formula is C54H32N10O4. The van der Waals surface area contributed by atoms with Crippen molar-refractivity contribution in [3.63, 3.8) is 0 Å². The number of pyridine rings is 4. The number of nitrogens with zero attached hydrogens (tertiary/aromatic N) is 10. The smallest absolute Gasteiger partial charge is 0.292 e. The van der Waals surface area contributed by atoms with Gasteiger partial charge in [0.05, 0.1) is 52.0 Å². The molecule has 4 aromatic carbocycles. The lowest BCUT2D eigenvalue weighted by Crippen LogP contribution is -2.08. The number of furan rings is 2. The molecule has 0 aliphatic rings. The van der Waals surface area contributed by atoms with Crippen LogP contribution in [0.5, 0.6) is 23.5 Å². The van der Waals surface area contributed by atoms with Crippen molar-refractivity contribution in [2.24, 2.45) is 0 Å². The van der Waals surface area contributed by atoms with Gasteiger partial charge < -0.3 is 27.4 Å². The zero-order valence-electron chi connectivity index (χ0n) is 35.6. The fourth-order valence-electron chi connectivity index (χ4n) is 9.27. The van der Waals surface area contributed by atoms with Gasteiger partial charge in [-0.25, -0.2) is 9.97 Å². The summed E-state index contributed by atoms with van der Waals surface area (Å²) >= 11 is 0. The van der Waals surface area contributed by atoms with Crippen LogP contribution in [0, 0.1) is 0 Å². The molecule has 0 radical (unpaired) electrons. The van der Waals surface area contributed by atoms with E-state index in [0.29, 0.717) is 39.8 Å². The minimum atomic E-state index is 0.284. The number of ether oxygens (including phenoxy) is 2. The first-order valence-corrected chi connectivity index (χ1v) is 21.8. The van der Waals surface area contributed by atoms with Crippen molar-refractivity contribution in [3.8, 4) is 57.8 Å². The summed E-state index contributed by atoms with van der Waals surface area (Å²) in [6.45, 7) is 0. The van der Waals surface area contributed by atoms with E-state index in [2.05, 4.69) is 64.2 Å². The maximum Gasteiger partial charge on any atom is 0.292 e. The molecule has 0 amide bonds. The summed E-state index contributed by atoms with van der Waals surface area (Å²) in [5, 5.41) is 12.6. The second kappa shape index (κ2) is 14.9. The van der Waals surface area contributed by atoms with E-state index >= 15 is 0 Å². The predicted molar refractivity (Wildman–Crippen MR) is 259 cm³/mol. The van der Waals surface area contributed by atoms with Crippen LogP contribution in [0.3, 0.4) is 0 Å². The van der Waals surface area contributed by atoms with E-state index in [-0.39, 0.29) is 5.95 Å². The number of fused-ring (bicyclic) bond motifs is 8. The van der Waals surface area contributed by atoms with Gasteiger partial charge in [0.2, 0.25) is 5.88 Å². The van der Waals surface area contributed by atoms with Crippen molar-refractivity contribution in [2.45, 2.75) is 0 Å². The first-order valence-electron chi connectivity index (χ1n) is 21.8. The summed E-state index contributed by atoms with van der Waals surface area (Å²) in [5.41, 5.74) is 11.0. The number of rotatable bonds is 9. The maximum absolute atomic E-state index is 6.37. The molecular weight excluding hydrogens is 853 g/mol. The van der Waals surface area contributed by atoms with Crippen LogP contribution < -0.4 is 9.47 Å². The molecule has 0 bridgehead atoms. The van der Waals surface area contributed by atoms with E-state index < -0.39 is 0 Å². The molecule has 0 spiro atoms. The highest BCUT2D eigenvalue weighted by Gasteiger charge is 2.22. The van der Waals surface area contributed by atoms with E-state index in [1.165, 1.54) is 0 Å². The van der Waals surface area contributed by atoms with Gasteiger partial charge in [0.15, 0.2) is 5.82 Å². The largest absolute Gasteiger partial charge is 0.426 e. The van der Waals surface area contributed by atoms with Gasteiger partial charge in [-0.3, -0.25) is 14.5 Å². The van der Waals surface area contributed by atoms with Gasteiger partial charge in [0.1, 0.15) is 27.9 Å². The molecule has 14 rings (SSSR count). The Balaban J connectivity index is 0.800. The standard InChI is InChI=1S/C54H32N10O4/c1-3-7-35(8-4-1)62-44-14-12-41(43-16-18-50(64-57-25-26-58-64)63(43)36-9-5-2-6-10-36)59-53(44)54-45(62)15-17-49(60-54)68-52-30-34-28-47-33(27-48(34)67-52)29-51(66-47)65-38-11-13-42-40(31-38)39-21-24-56-32-46(39)61(42)37-19-22-55-23-20-37/h1-32H. The van der Waals surface area contributed by atoms with Crippen LogP contribution in [-0.2, 0) is 0 Å². The highest BCUT2D eigenvalue weighted by molar-refractivity contribution is 6.09. The number of hydrogen-bond acceptors (Lipinski definition) is 10. The first kappa shape index (κ1) is 37.5. The van der Waals surface area contributed by atoms with Crippen LogP contribution in [0.15, 0.2) is 204 Å². The van der Waals surface area contributed by atoms with Crippen molar-refractivity contribution >= 4 is 65.8 Å². The normalized spacial score (nSPS) is 11.8. The van der Waals surface area contributed by atoms with Crippen LogP contribution in [0.2, 0.25) is 0 Å². The van der Waals surface area contributed by atoms with Crippen LogP contribution in [0.25, 0.3) is 100 Å². The predicted octanol–water partition coefficient (Wildman–Crippen LogP) is 12.6. The van der Waals surface area contributed by atoms with Gasteiger partial charge >= 0.3 is 0 Å².